The molecule has 0 aromatic carbocycles. The molecule has 0 aliphatic heterocycles. The van der Waals surface area contributed by atoms with Crippen LogP contribution in [0.25, 0.3) is 0 Å². The minimum Gasteiger partial charge on any atom is -0.385 e. The Morgan fingerprint density at radius 3 is 2.33 bits per heavy atom. The van der Waals surface area contributed by atoms with Crippen LogP contribution in [0.15, 0.2) is 0 Å². The standard InChI is InChI=1S/C17H31N3O4/c1-9(21)15(22)12-8-10(6-7-13(12)18)20-14-5-3-2-4-11(14)16(23)17(19)24/h10-16,20,22-23H,2-8,18H2,1H3,(H2,19,24)/t10?,11-,12-,13-,14-,15-,16-/m1/s1. The summed E-state index contributed by atoms with van der Waals surface area (Å²) in [5.41, 5.74) is 11.4. The van der Waals surface area contributed by atoms with Crippen molar-refractivity contribution in [2.45, 2.75) is 82.2 Å². The summed E-state index contributed by atoms with van der Waals surface area (Å²) in [4.78, 5) is 22.8. The molecular formula is C17H31N3O4. The SMILES string of the molecule is CC(=O)[C@@H](O)[C@@H]1CC(N[C@@H]2CCCC[C@H]2[C@@H](O)C(N)=O)CC[C@H]1N. The van der Waals surface area contributed by atoms with Gasteiger partial charge in [0.2, 0.25) is 5.91 Å². The topological polar surface area (TPSA) is 139 Å². The maximum atomic E-state index is 11.5. The quantitative estimate of drug-likeness (QED) is 0.438. The number of rotatable bonds is 6. The van der Waals surface area contributed by atoms with Gasteiger partial charge in [-0.15, -0.1) is 0 Å². The average molecular weight is 341 g/mol. The van der Waals surface area contributed by atoms with Crippen molar-refractivity contribution >= 4 is 11.7 Å². The number of carbonyl (C=O) groups excluding carboxylic acids is 2. The average Bonchev–Trinajstić information content (AvgIpc) is 2.55. The summed E-state index contributed by atoms with van der Waals surface area (Å²) in [5.74, 6) is -1.36. The monoisotopic (exact) mass is 341 g/mol. The lowest BCUT2D eigenvalue weighted by Crippen LogP contribution is -2.55. The van der Waals surface area contributed by atoms with E-state index in [4.69, 9.17) is 11.5 Å². The Labute approximate surface area is 143 Å². The molecule has 2 aliphatic carbocycles. The van der Waals surface area contributed by atoms with Crippen LogP contribution in [0, 0.1) is 11.8 Å². The van der Waals surface area contributed by atoms with Crippen LogP contribution in [0.2, 0.25) is 0 Å². The third kappa shape index (κ3) is 4.53. The molecule has 0 aromatic rings. The normalized spacial score (nSPS) is 36.8. The largest absolute Gasteiger partial charge is 0.385 e. The van der Waals surface area contributed by atoms with Gasteiger partial charge in [-0.05, 0) is 39.0 Å². The smallest absolute Gasteiger partial charge is 0.246 e. The van der Waals surface area contributed by atoms with Crippen LogP contribution in [-0.2, 0) is 9.59 Å². The van der Waals surface area contributed by atoms with Gasteiger partial charge in [-0.3, -0.25) is 9.59 Å². The van der Waals surface area contributed by atoms with Crippen LogP contribution in [0.5, 0.6) is 0 Å². The number of hydrogen-bond donors (Lipinski definition) is 5. The molecule has 1 unspecified atom stereocenters. The lowest BCUT2D eigenvalue weighted by Gasteiger charge is -2.41. The molecule has 24 heavy (non-hydrogen) atoms. The van der Waals surface area contributed by atoms with E-state index < -0.39 is 18.1 Å². The Balaban J connectivity index is 2.00. The van der Waals surface area contributed by atoms with Crippen LogP contribution in [0.1, 0.15) is 51.9 Å². The minimum atomic E-state index is -1.13. The first kappa shape index (κ1) is 19.3. The second-order valence-electron chi connectivity index (χ2n) is 7.46. The van der Waals surface area contributed by atoms with E-state index in [1.807, 2.05) is 0 Å². The number of ketones is 1. The highest BCUT2D eigenvalue weighted by Gasteiger charge is 2.38. The number of aliphatic hydroxyl groups excluding tert-OH is 2. The predicted octanol–water partition coefficient (Wildman–Crippen LogP) is -0.573. The zero-order valence-electron chi connectivity index (χ0n) is 14.4. The molecule has 7 N–H and O–H groups in total. The van der Waals surface area contributed by atoms with Gasteiger partial charge >= 0.3 is 0 Å². The molecule has 2 aliphatic rings. The summed E-state index contributed by atoms with van der Waals surface area (Å²) in [5, 5.41) is 23.7. The van der Waals surface area contributed by atoms with Crippen molar-refractivity contribution in [1.82, 2.24) is 5.32 Å². The molecule has 138 valence electrons. The molecule has 2 fully saturated rings. The molecule has 2 saturated carbocycles. The van der Waals surface area contributed by atoms with E-state index in [1.165, 1.54) is 6.92 Å². The van der Waals surface area contributed by atoms with E-state index in [-0.39, 0.29) is 35.7 Å². The van der Waals surface area contributed by atoms with Crippen LogP contribution < -0.4 is 16.8 Å². The zero-order chi connectivity index (χ0) is 17.9. The van der Waals surface area contributed by atoms with Crippen molar-refractivity contribution < 1.29 is 19.8 Å². The number of aliphatic hydroxyl groups is 2. The predicted molar refractivity (Wildman–Crippen MR) is 89.9 cm³/mol. The molecule has 2 rings (SSSR count). The lowest BCUT2D eigenvalue weighted by atomic mass is 9.76. The number of primary amides is 1. The van der Waals surface area contributed by atoms with Gasteiger partial charge in [-0.1, -0.05) is 12.8 Å². The van der Waals surface area contributed by atoms with E-state index in [9.17, 15) is 19.8 Å². The summed E-state index contributed by atoms with van der Waals surface area (Å²) < 4.78 is 0. The van der Waals surface area contributed by atoms with Crippen molar-refractivity contribution in [3.8, 4) is 0 Å². The van der Waals surface area contributed by atoms with Crippen molar-refractivity contribution in [3.05, 3.63) is 0 Å². The fraction of sp³-hybridized carbons (Fsp3) is 0.882. The summed E-state index contributed by atoms with van der Waals surface area (Å²) in [6, 6.07) is -0.0366. The van der Waals surface area contributed by atoms with Crippen molar-refractivity contribution in [2.24, 2.45) is 23.3 Å². The van der Waals surface area contributed by atoms with Gasteiger partial charge in [0.15, 0.2) is 5.78 Å². The molecule has 0 aromatic heterocycles. The first-order valence-corrected chi connectivity index (χ1v) is 8.98. The number of carbonyl (C=O) groups is 2. The maximum Gasteiger partial charge on any atom is 0.246 e. The summed E-state index contributed by atoms with van der Waals surface area (Å²) >= 11 is 0. The third-order valence-corrected chi connectivity index (χ3v) is 5.74. The molecule has 0 radical (unpaired) electrons. The van der Waals surface area contributed by atoms with Crippen LogP contribution in [-0.4, -0.2) is 52.2 Å². The Morgan fingerprint density at radius 1 is 1.04 bits per heavy atom. The molecular weight excluding hydrogens is 310 g/mol. The number of amides is 1. The van der Waals surface area contributed by atoms with Gasteiger partial charge in [-0.2, -0.15) is 0 Å². The fourth-order valence-corrected chi connectivity index (χ4v) is 4.30. The highest BCUT2D eigenvalue weighted by Crippen LogP contribution is 2.31. The second kappa shape index (κ2) is 8.38. The maximum absolute atomic E-state index is 11.5. The molecule has 7 nitrogen and oxygen atoms in total. The van der Waals surface area contributed by atoms with Gasteiger partial charge in [0, 0.05) is 30.0 Å². The lowest BCUT2D eigenvalue weighted by molar-refractivity contribution is -0.130. The first-order chi connectivity index (χ1) is 11.3. The van der Waals surface area contributed by atoms with Gasteiger partial charge in [-0.25, -0.2) is 0 Å². The van der Waals surface area contributed by atoms with E-state index in [0.717, 1.165) is 38.5 Å². The highest BCUT2D eigenvalue weighted by molar-refractivity contribution is 5.80. The Morgan fingerprint density at radius 2 is 1.71 bits per heavy atom. The molecule has 0 bridgehead atoms. The van der Waals surface area contributed by atoms with Crippen LogP contribution >= 0.6 is 0 Å². The molecule has 0 heterocycles. The molecule has 0 spiro atoms. The molecule has 7 atom stereocenters. The van der Waals surface area contributed by atoms with Gasteiger partial charge in [0.05, 0.1) is 0 Å². The fourth-order valence-electron chi connectivity index (χ4n) is 4.30. The number of nitrogens with two attached hydrogens (primary N) is 2. The van der Waals surface area contributed by atoms with Crippen LogP contribution in [0.3, 0.4) is 0 Å². The van der Waals surface area contributed by atoms with E-state index in [1.54, 1.807) is 0 Å². The number of nitrogens with one attached hydrogen (secondary N) is 1. The van der Waals surface area contributed by atoms with Gasteiger partial charge < -0.3 is 27.0 Å². The summed E-state index contributed by atoms with van der Waals surface area (Å²) in [7, 11) is 0. The molecule has 0 saturated heterocycles. The van der Waals surface area contributed by atoms with Gasteiger partial charge in [0.25, 0.3) is 0 Å². The van der Waals surface area contributed by atoms with Gasteiger partial charge in [0.1, 0.15) is 12.2 Å². The second-order valence-corrected chi connectivity index (χ2v) is 7.46. The zero-order valence-corrected chi connectivity index (χ0v) is 14.4. The van der Waals surface area contributed by atoms with Crippen molar-refractivity contribution in [3.63, 3.8) is 0 Å². The van der Waals surface area contributed by atoms with Crippen molar-refractivity contribution in [1.29, 1.82) is 0 Å². The van der Waals surface area contributed by atoms with E-state index in [2.05, 4.69) is 5.32 Å². The Hall–Kier alpha value is -1.02. The molecule has 7 heteroatoms. The molecule has 1 amide bonds. The summed E-state index contributed by atoms with van der Waals surface area (Å²) in [6.45, 7) is 1.38. The minimum absolute atomic E-state index is 0.0238. The highest BCUT2D eigenvalue weighted by atomic mass is 16.3. The third-order valence-electron chi connectivity index (χ3n) is 5.74. The van der Waals surface area contributed by atoms with Crippen LogP contribution in [0.4, 0.5) is 0 Å². The van der Waals surface area contributed by atoms with E-state index in [0.29, 0.717) is 6.42 Å². The first-order valence-electron chi connectivity index (χ1n) is 8.98. The number of hydrogen-bond acceptors (Lipinski definition) is 6. The Bertz CT molecular complexity index is 459. The Kier molecular flexibility index (Phi) is 6.74. The number of Topliss-reactive ketones (excluding diaryl/α,β-unsaturated/α-hetero) is 1. The van der Waals surface area contributed by atoms with Crippen molar-refractivity contribution in [2.75, 3.05) is 0 Å². The summed E-state index contributed by atoms with van der Waals surface area (Å²) in [6.07, 6.45) is 3.75. The van der Waals surface area contributed by atoms with E-state index >= 15 is 0 Å².